The molecule has 0 aliphatic rings. The summed E-state index contributed by atoms with van der Waals surface area (Å²) in [5.74, 6) is -0.266. The van der Waals surface area contributed by atoms with Crippen LogP contribution in [-0.2, 0) is 14.8 Å². The third-order valence-electron chi connectivity index (χ3n) is 3.63. The third kappa shape index (κ3) is 4.01. The zero-order valence-corrected chi connectivity index (χ0v) is 14.9. The van der Waals surface area contributed by atoms with Crippen molar-refractivity contribution in [1.29, 1.82) is 0 Å². The number of anilines is 1. The van der Waals surface area contributed by atoms with Crippen LogP contribution in [-0.4, -0.2) is 38.3 Å². The molecule has 0 saturated carbocycles. The first-order valence-corrected chi connectivity index (χ1v) is 9.16. The molecule has 0 heterocycles. The van der Waals surface area contributed by atoms with Gasteiger partial charge in [-0.25, -0.2) is 8.42 Å². The van der Waals surface area contributed by atoms with E-state index in [2.05, 4.69) is 0 Å². The highest BCUT2D eigenvalue weighted by molar-refractivity contribution is 7.89. The second-order valence-corrected chi connectivity index (χ2v) is 7.81. The standard InChI is InChI=1S/C18H22N2O3S/c1-15(2)20(16-10-6-4-7-11-16)18(21)14-19(3)24(22,23)17-12-8-5-9-13-17/h4-13,15H,14H2,1-3H3. The molecule has 0 fully saturated rings. The minimum absolute atomic E-state index is 0.0762. The van der Waals surface area contributed by atoms with E-state index in [1.54, 1.807) is 23.1 Å². The van der Waals surface area contributed by atoms with Gasteiger partial charge < -0.3 is 4.90 Å². The number of hydrogen-bond acceptors (Lipinski definition) is 3. The molecule has 1 amide bonds. The Morgan fingerprint density at radius 3 is 1.96 bits per heavy atom. The highest BCUT2D eigenvalue weighted by Gasteiger charge is 2.26. The van der Waals surface area contributed by atoms with Gasteiger partial charge >= 0.3 is 0 Å². The maximum absolute atomic E-state index is 12.7. The molecule has 0 unspecified atom stereocenters. The molecular formula is C18H22N2O3S. The minimum Gasteiger partial charge on any atom is -0.309 e. The Morgan fingerprint density at radius 1 is 0.958 bits per heavy atom. The molecule has 128 valence electrons. The van der Waals surface area contributed by atoms with Gasteiger partial charge in [-0.3, -0.25) is 4.79 Å². The van der Waals surface area contributed by atoms with Gasteiger partial charge in [0.05, 0.1) is 11.4 Å². The number of rotatable bonds is 6. The van der Waals surface area contributed by atoms with Gasteiger partial charge in [0.2, 0.25) is 15.9 Å². The number of benzene rings is 2. The number of para-hydroxylation sites is 1. The topological polar surface area (TPSA) is 57.7 Å². The first kappa shape index (κ1) is 18.2. The van der Waals surface area contributed by atoms with E-state index in [4.69, 9.17) is 0 Å². The van der Waals surface area contributed by atoms with Crippen LogP contribution in [0.4, 0.5) is 5.69 Å². The molecule has 24 heavy (non-hydrogen) atoms. The summed E-state index contributed by atoms with van der Waals surface area (Å²) in [5.41, 5.74) is 0.753. The van der Waals surface area contributed by atoms with Crippen molar-refractivity contribution in [3.8, 4) is 0 Å². The lowest BCUT2D eigenvalue weighted by molar-refractivity contribution is -0.119. The molecule has 6 heteroatoms. The van der Waals surface area contributed by atoms with Crippen LogP contribution in [0.2, 0.25) is 0 Å². The fourth-order valence-corrected chi connectivity index (χ4v) is 3.58. The quantitative estimate of drug-likeness (QED) is 0.808. The van der Waals surface area contributed by atoms with E-state index >= 15 is 0 Å². The van der Waals surface area contributed by atoms with Crippen molar-refractivity contribution in [1.82, 2.24) is 4.31 Å². The molecule has 0 atom stereocenters. The SMILES string of the molecule is CC(C)N(C(=O)CN(C)S(=O)(=O)c1ccccc1)c1ccccc1. The summed E-state index contributed by atoms with van der Waals surface area (Å²) in [6.07, 6.45) is 0. The van der Waals surface area contributed by atoms with Gasteiger partial charge in [-0.15, -0.1) is 0 Å². The molecule has 0 spiro atoms. The van der Waals surface area contributed by atoms with Crippen molar-refractivity contribution >= 4 is 21.6 Å². The Balaban J connectivity index is 2.21. The van der Waals surface area contributed by atoms with Crippen LogP contribution in [0.3, 0.4) is 0 Å². The molecule has 0 aliphatic carbocycles. The van der Waals surface area contributed by atoms with Crippen molar-refractivity contribution in [2.45, 2.75) is 24.8 Å². The summed E-state index contributed by atoms with van der Waals surface area (Å²) in [7, 11) is -2.27. The van der Waals surface area contributed by atoms with Crippen LogP contribution < -0.4 is 4.90 Å². The van der Waals surface area contributed by atoms with E-state index in [9.17, 15) is 13.2 Å². The normalized spacial score (nSPS) is 11.7. The molecule has 5 nitrogen and oxygen atoms in total. The average molecular weight is 346 g/mol. The first-order valence-electron chi connectivity index (χ1n) is 7.72. The van der Waals surface area contributed by atoms with E-state index in [-0.39, 0.29) is 23.4 Å². The predicted octanol–water partition coefficient (Wildman–Crippen LogP) is 2.75. The lowest BCUT2D eigenvalue weighted by atomic mass is 10.2. The van der Waals surface area contributed by atoms with E-state index < -0.39 is 10.0 Å². The van der Waals surface area contributed by atoms with Crippen molar-refractivity contribution in [3.63, 3.8) is 0 Å². The molecule has 0 aliphatic heterocycles. The fraction of sp³-hybridized carbons (Fsp3) is 0.278. The van der Waals surface area contributed by atoms with Gasteiger partial charge in [-0.1, -0.05) is 36.4 Å². The van der Waals surface area contributed by atoms with Gasteiger partial charge in [0.25, 0.3) is 0 Å². The van der Waals surface area contributed by atoms with E-state index in [0.29, 0.717) is 0 Å². The summed E-state index contributed by atoms with van der Waals surface area (Å²) in [4.78, 5) is 14.5. The number of nitrogens with zero attached hydrogens (tertiary/aromatic N) is 2. The van der Waals surface area contributed by atoms with Crippen molar-refractivity contribution in [2.24, 2.45) is 0 Å². The highest BCUT2D eigenvalue weighted by Crippen LogP contribution is 2.19. The Kier molecular flexibility index (Phi) is 5.75. The summed E-state index contributed by atoms with van der Waals surface area (Å²) in [6, 6.07) is 17.3. The zero-order chi connectivity index (χ0) is 17.7. The molecular weight excluding hydrogens is 324 g/mol. The lowest BCUT2D eigenvalue weighted by Crippen LogP contribution is -2.44. The Labute approximate surface area is 143 Å². The summed E-state index contributed by atoms with van der Waals surface area (Å²) in [6.45, 7) is 3.58. The van der Waals surface area contributed by atoms with Crippen LogP contribution >= 0.6 is 0 Å². The van der Waals surface area contributed by atoms with Gasteiger partial charge in [0.15, 0.2) is 0 Å². The molecule has 2 aromatic carbocycles. The molecule has 2 aromatic rings. The van der Waals surface area contributed by atoms with Crippen LogP contribution in [0.25, 0.3) is 0 Å². The van der Waals surface area contributed by atoms with Crippen molar-refractivity contribution in [3.05, 3.63) is 60.7 Å². The second-order valence-electron chi connectivity index (χ2n) is 5.77. The van der Waals surface area contributed by atoms with Crippen molar-refractivity contribution < 1.29 is 13.2 Å². The van der Waals surface area contributed by atoms with Crippen LogP contribution in [0.15, 0.2) is 65.6 Å². The Hall–Kier alpha value is -2.18. The summed E-state index contributed by atoms with van der Waals surface area (Å²) in [5, 5.41) is 0. The molecule has 0 bridgehead atoms. The lowest BCUT2D eigenvalue weighted by Gasteiger charge is -2.28. The average Bonchev–Trinajstić information content (AvgIpc) is 2.56. The van der Waals surface area contributed by atoms with E-state index in [1.165, 1.54) is 19.2 Å². The third-order valence-corrected chi connectivity index (χ3v) is 5.45. The molecule has 0 N–H and O–H groups in total. The number of carbonyl (C=O) groups is 1. The fourth-order valence-electron chi connectivity index (χ4n) is 2.44. The first-order chi connectivity index (χ1) is 11.3. The minimum atomic E-state index is -3.69. The van der Waals surface area contributed by atoms with E-state index in [1.807, 2.05) is 44.2 Å². The number of sulfonamides is 1. The van der Waals surface area contributed by atoms with E-state index in [0.717, 1.165) is 9.99 Å². The Bertz CT molecular complexity index is 774. The van der Waals surface area contributed by atoms with Gasteiger partial charge in [0, 0.05) is 18.8 Å². The zero-order valence-electron chi connectivity index (χ0n) is 14.1. The summed E-state index contributed by atoms with van der Waals surface area (Å²) >= 11 is 0. The number of likely N-dealkylation sites (N-methyl/N-ethyl adjacent to an activating group) is 1. The maximum Gasteiger partial charge on any atom is 0.243 e. The smallest absolute Gasteiger partial charge is 0.243 e. The molecule has 0 radical (unpaired) electrons. The van der Waals surface area contributed by atoms with Crippen LogP contribution in [0, 0.1) is 0 Å². The molecule has 0 aromatic heterocycles. The predicted molar refractivity (Wildman–Crippen MR) is 95.3 cm³/mol. The van der Waals surface area contributed by atoms with Gasteiger partial charge in [-0.05, 0) is 38.1 Å². The van der Waals surface area contributed by atoms with Crippen LogP contribution in [0.1, 0.15) is 13.8 Å². The number of carbonyl (C=O) groups excluding carboxylic acids is 1. The number of amides is 1. The van der Waals surface area contributed by atoms with Crippen LogP contribution in [0.5, 0.6) is 0 Å². The second kappa shape index (κ2) is 7.59. The highest BCUT2D eigenvalue weighted by atomic mass is 32.2. The largest absolute Gasteiger partial charge is 0.309 e. The monoisotopic (exact) mass is 346 g/mol. The Morgan fingerprint density at radius 2 is 1.46 bits per heavy atom. The van der Waals surface area contributed by atoms with Crippen molar-refractivity contribution in [2.75, 3.05) is 18.5 Å². The number of hydrogen-bond donors (Lipinski definition) is 0. The van der Waals surface area contributed by atoms with Gasteiger partial charge in [0.1, 0.15) is 0 Å². The van der Waals surface area contributed by atoms with Gasteiger partial charge in [-0.2, -0.15) is 4.31 Å². The molecule has 0 saturated heterocycles. The molecule has 2 rings (SSSR count). The summed E-state index contributed by atoms with van der Waals surface area (Å²) < 4.78 is 26.2. The maximum atomic E-state index is 12.7.